The van der Waals surface area contributed by atoms with Crippen LogP contribution in [-0.4, -0.2) is 59.9 Å². The van der Waals surface area contributed by atoms with E-state index in [2.05, 4.69) is 5.10 Å². The van der Waals surface area contributed by atoms with Gasteiger partial charge in [-0.15, -0.1) is 0 Å². The smallest absolute Gasteiger partial charge is 0.414 e. The Balaban J connectivity index is 1.69. The lowest BCUT2D eigenvalue weighted by Gasteiger charge is -2.40. The molecule has 3 heterocycles. The third-order valence-corrected chi connectivity index (χ3v) is 5.44. The highest BCUT2D eigenvalue weighted by Gasteiger charge is 2.35. The van der Waals surface area contributed by atoms with Gasteiger partial charge in [-0.2, -0.15) is 5.10 Å². The molecule has 0 aliphatic carbocycles. The van der Waals surface area contributed by atoms with E-state index in [0.29, 0.717) is 24.6 Å². The van der Waals surface area contributed by atoms with E-state index in [0.717, 1.165) is 11.1 Å². The van der Waals surface area contributed by atoms with Crippen molar-refractivity contribution in [2.45, 2.75) is 45.4 Å². The summed E-state index contributed by atoms with van der Waals surface area (Å²) in [7, 11) is 0. The molecular weight excluding hydrogens is 403 g/mol. The highest BCUT2D eigenvalue weighted by Crippen LogP contribution is 2.39. The molecule has 4 rings (SSSR count). The van der Waals surface area contributed by atoms with E-state index in [1.807, 2.05) is 36.0 Å². The van der Waals surface area contributed by atoms with Crippen molar-refractivity contribution in [3.05, 3.63) is 30.6 Å². The van der Waals surface area contributed by atoms with Gasteiger partial charge in [-0.25, -0.2) is 9.18 Å². The van der Waals surface area contributed by atoms with Crippen LogP contribution in [0, 0.1) is 0 Å². The predicted octanol–water partition coefficient (Wildman–Crippen LogP) is 3.57. The van der Waals surface area contributed by atoms with Gasteiger partial charge in [-0.3, -0.25) is 14.4 Å². The van der Waals surface area contributed by atoms with Crippen LogP contribution in [0.3, 0.4) is 0 Å². The Bertz CT molecular complexity index is 996. The van der Waals surface area contributed by atoms with Crippen molar-refractivity contribution in [1.29, 1.82) is 0 Å². The van der Waals surface area contributed by atoms with Crippen molar-refractivity contribution in [3.8, 4) is 11.1 Å². The highest BCUT2D eigenvalue weighted by atomic mass is 19.1. The van der Waals surface area contributed by atoms with Crippen LogP contribution in [0.4, 0.5) is 20.6 Å². The van der Waals surface area contributed by atoms with Crippen LogP contribution in [0.5, 0.6) is 0 Å². The first-order chi connectivity index (χ1) is 14.6. The molecule has 8 nitrogen and oxygen atoms in total. The molecular formula is C22H27FN4O4. The van der Waals surface area contributed by atoms with Crippen molar-refractivity contribution in [2.75, 3.05) is 36.2 Å². The number of benzene rings is 1. The van der Waals surface area contributed by atoms with Crippen LogP contribution in [0.15, 0.2) is 30.6 Å². The Labute approximate surface area is 180 Å². The zero-order valence-corrected chi connectivity index (χ0v) is 18.2. The molecule has 1 atom stereocenters. The first-order valence-corrected chi connectivity index (χ1v) is 10.3. The number of alkyl halides is 1. The summed E-state index contributed by atoms with van der Waals surface area (Å²) in [6.45, 7) is 7.25. The van der Waals surface area contributed by atoms with Gasteiger partial charge in [-0.05, 0) is 38.5 Å². The van der Waals surface area contributed by atoms with Crippen molar-refractivity contribution >= 4 is 23.4 Å². The first-order valence-electron chi connectivity index (χ1n) is 10.3. The van der Waals surface area contributed by atoms with Gasteiger partial charge >= 0.3 is 6.09 Å². The quantitative estimate of drug-likeness (QED) is 0.741. The van der Waals surface area contributed by atoms with Crippen molar-refractivity contribution in [1.82, 2.24) is 9.78 Å². The Morgan fingerprint density at radius 2 is 2.00 bits per heavy atom. The summed E-state index contributed by atoms with van der Waals surface area (Å²) in [4.78, 5) is 28.3. The number of ether oxygens (including phenoxy) is 2. The molecule has 2 aromatic rings. The van der Waals surface area contributed by atoms with Gasteiger partial charge in [0.05, 0.1) is 42.9 Å². The monoisotopic (exact) mass is 430 g/mol. The second kappa shape index (κ2) is 7.96. The van der Waals surface area contributed by atoms with Crippen molar-refractivity contribution in [3.63, 3.8) is 0 Å². The minimum absolute atomic E-state index is 0.114. The Morgan fingerprint density at radius 3 is 2.61 bits per heavy atom. The summed E-state index contributed by atoms with van der Waals surface area (Å²) in [5.74, 6) is -0.114. The molecule has 0 spiro atoms. The highest BCUT2D eigenvalue weighted by molar-refractivity contribution is 6.03. The third-order valence-electron chi connectivity index (χ3n) is 5.44. The molecule has 0 saturated carbocycles. The fourth-order valence-corrected chi connectivity index (χ4v) is 3.83. The van der Waals surface area contributed by atoms with Gasteiger partial charge in [-0.1, -0.05) is 6.07 Å². The summed E-state index contributed by atoms with van der Waals surface area (Å²) in [5.41, 5.74) is 1.28. The van der Waals surface area contributed by atoms with Crippen LogP contribution in [0.25, 0.3) is 11.1 Å². The maximum atomic E-state index is 13.9. The van der Waals surface area contributed by atoms with E-state index in [1.165, 1.54) is 25.7 Å². The molecule has 2 aliphatic heterocycles. The van der Waals surface area contributed by atoms with Gasteiger partial charge in [0.15, 0.2) is 0 Å². The second-order valence-corrected chi connectivity index (χ2v) is 8.73. The Hall–Kier alpha value is -2.94. The van der Waals surface area contributed by atoms with Crippen LogP contribution >= 0.6 is 0 Å². The maximum absolute atomic E-state index is 13.9. The van der Waals surface area contributed by atoms with Crippen LogP contribution in [-0.2, 0) is 14.3 Å². The molecule has 31 heavy (non-hydrogen) atoms. The zero-order chi connectivity index (χ0) is 22.3. The van der Waals surface area contributed by atoms with E-state index in [4.69, 9.17) is 9.47 Å². The molecule has 2 aliphatic rings. The van der Waals surface area contributed by atoms with Crippen LogP contribution < -0.4 is 9.80 Å². The lowest BCUT2D eigenvalue weighted by molar-refractivity contribution is -0.117. The number of fused-ring (bicyclic) bond motifs is 1. The summed E-state index contributed by atoms with van der Waals surface area (Å²) in [5, 5.41) is 4.42. The van der Waals surface area contributed by atoms with E-state index in [1.54, 1.807) is 11.1 Å². The summed E-state index contributed by atoms with van der Waals surface area (Å²) in [6, 6.07) is 5.56. The second-order valence-electron chi connectivity index (χ2n) is 8.73. The SMILES string of the molecule is CC(=O)N1c2ccc(-c3cnn(C4COC4)c3)cc2N(C(=O)OCC(C)(C)F)C[C@@H]1C. The Morgan fingerprint density at radius 1 is 1.26 bits per heavy atom. The maximum Gasteiger partial charge on any atom is 0.414 e. The molecule has 1 saturated heterocycles. The van der Waals surface area contributed by atoms with Gasteiger partial charge in [0.25, 0.3) is 0 Å². The topological polar surface area (TPSA) is 76.9 Å². The minimum atomic E-state index is -1.63. The van der Waals surface area contributed by atoms with Crippen LogP contribution in [0.1, 0.15) is 33.7 Å². The van der Waals surface area contributed by atoms with Gasteiger partial charge in [0, 0.05) is 25.2 Å². The van der Waals surface area contributed by atoms with Gasteiger partial charge < -0.3 is 14.4 Å². The summed E-state index contributed by atoms with van der Waals surface area (Å²) in [6.07, 6.45) is 3.07. The van der Waals surface area contributed by atoms with E-state index in [-0.39, 0.29) is 31.1 Å². The number of nitrogens with zero attached hydrogens (tertiary/aromatic N) is 4. The number of rotatable bonds is 4. The fourth-order valence-electron chi connectivity index (χ4n) is 3.83. The van der Waals surface area contributed by atoms with Crippen molar-refractivity contribution < 1.29 is 23.5 Å². The van der Waals surface area contributed by atoms with Crippen LogP contribution in [0.2, 0.25) is 0 Å². The molecule has 1 aromatic carbocycles. The van der Waals surface area contributed by atoms with Gasteiger partial charge in [0.1, 0.15) is 12.3 Å². The normalized spacial score (nSPS) is 19.1. The number of halogens is 1. The molecule has 0 unspecified atom stereocenters. The molecule has 9 heteroatoms. The largest absolute Gasteiger partial charge is 0.446 e. The number of hydrogen-bond acceptors (Lipinski definition) is 5. The van der Waals surface area contributed by atoms with E-state index < -0.39 is 11.8 Å². The van der Waals surface area contributed by atoms with Gasteiger partial charge in [0.2, 0.25) is 5.91 Å². The average Bonchev–Trinajstić information content (AvgIpc) is 3.12. The zero-order valence-electron chi connectivity index (χ0n) is 18.2. The molecule has 2 amide bonds. The fraction of sp³-hybridized carbons (Fsp3) is 0.500. The number of carbonyl (C=O) groups excluding carboxylic acids is 2. The number of hydrogen-bond donors (Lipinski definition) is 0. The Kier molecular flexibility index (Phi) is 5.47. The summed E-state index contributed by atoms with van der Waals surface area (Å²) >= 11 is 0. The van der Waals surface area contributed by atoms with E-state index in [9.17, 15) is 14.0 Å². The number of aromatic nitrogens is 2. The lowest BCUT2D eigenvalue weighted by atomic mass is 10.0. The number of anilines is 2. The molecule has 1 aromatic heterocycles. The average molecular weight is 430 g/mol. The predicted molar refractivity (Wildman–Crippen MR) is 114 cm³/mol. The third kappa shape index (κ3) is 4.27. The molecule has 0 bridgehead atoms. The molecule has 0 radical (unpaired) electrons. The first kappa shape index (κ1) is 21.3. The lowest BCUT2D eigenvalue weighted by Crippen LogP contribution is -2.51. The minimum Gasteiger partial charge on any atom is -0.446 e. The standard InChI is InChI=1S/C22H27FN4O4/c1-14-9-25(21(29)31-13-22(3,4)23)20-7-16(5-6-19(20)27(14)15(2)28)17-8-24-26(10-17)18-11-30-12-18/h5-8,10,14,18H,9,11-13H2,1-4H3/t14-/m0/s1. The van der Waals surface area contributed by atoms with Crippen molar-refractivity contribution in [2.24, 2.45) is 0 Å². The number of amides is 2. The molecule has 0 N–H and O–H groups in total. The summed E-state index contributed by atoms with van der Waals surface area (Å²) < 4.78 is 26.2. The molecule has 166 valence electrons. The number of carbonyl (C=O) groups is 2. The molecule has 1 fully saturated rings. The van der Waals surface area contributed by atoms with E-state index >= 15 is 0 Å².